The second-order valence-electron chi connectivity index (χ2n) is 4.88. The third-order valence-electron chi connectivity index (χ3n) is 3.35. The number of rotatable bonds is 4. The summed E-state index contributed by atoms with van der Waals surface area (Å²) in [6.45, 7) is 3.93. The number of fused-ring (bicyclic) bond motifs is 1. The molecule has 0 saturated carbocycles. The molecule has 1 atom stereocenters. The van der Waals surface area contributed by atoms with E-state index < -0.39 is 0 Å². The monoisotopic (exact) mass is 273 g/mol. The zero-order chi connectivity index (χ0) is 14.7. The van der Waals surface area contributed by atoms with Gasteiger partial charge in [-0.05, 0) is 26.0 Å². The highest BCUT2D eigenvalue weighted by Gasteiger charge is 2.16. The smallest absolute Gasteiger partial charge is 0.150 e. The van der Waals surface area contributed by atoms with Crippen molar-refractivity contribution in [1.82, 2.24) is 9.97 Å². The van der Waals surface area contributed by atoms with Gasteiger partial charge in [0.1, 0.15) is 5.84 Å². The summed E-state index contributed by atoms with van der Waals surface area (Å²) in [5.41, 5.74) is 8.15. The molecular weight excluding hydrogens is 254 g/mol. The van der Waals surface area contributed by atoms with Crippen molar-refractivity contribution in [1.29, 1.82) is 0 Å². The van der Waals surface area contributed by atoms with E-state index in [0.29, 0.717) is 6.42 Å². The van der Waals surface area contributed by atoms with Gasteiger partial charge in [0, 0.05) is 19.5 Å². The molecule has 0 aliphatic carbocycles. The molecule has 1 unspecified atom stereocenters. The fourth-order valence-corrected chi connectivity index (χ4v) is 2.10. The Hall–Kier alpha value is -2.37. The molecule has 0 aliphatic rings. The van der Waals surface area contributed by atoms with Gasteiger partial charge in [-0.2, -0.15) is 0 Å². The van der Waals surface area contributed by atoms with Crippen molar-refractivity contribution in [2.24, 2.45) is 10.9 Å². The van der Waals surface area contributed by atoms with Crippen molar-refractivity contribution in [3.8, 4) is 0 Å². The van der Waals surface area contributed by atoms with Gasteiger partial charge in [0.05, 0.1) is 16.7 Å². The van der Waals surface area contributed by atoms with Gasteiger partial charge in [-0.25, -0.2) is 9.97 Å². The van der Waals surface area contributed by atoms with E-state index in [4.69, 9.17) is 10.9 Å². The largest absolute Gasteiger partial charge is 0.409 e. The number of nitrogens with two attached hydrogens (primary N) is 1. The molecule has 0 bridgehead atoms. The summed E-state index contributed by atoms with van der Waals surface area (Å²) >= 11 is 0. The number of hydrogen-bond donors (Lipinski definition) is 2. The summed E-state index contributed by atoms with van der Waals surface area (Å²) < 4.78 is 0. The van der Waals surface area contributed by atoms with E-state index in [2.05, 4.69) is 15.1 Å². The van der Waals surface area contributed by atoms with Gasteiger partial charge in [0.25, 0.3) is 0 Å². The Labute approximate surface area is 117 Å². The Morgan fingerprint density at radius 3 is 2.55 bits per heavy atom. The molecule has 0 aliphatic heterocycles. The first-order valence-corrected chi connectivity index (χ1v) is 6.45. The zero-order valence-electron chi connectivity index (χ0n) is 11.9. The normalized spacial score (nSPS) is 13.4. The molecule has 6 nitrogen and oxygen atoms in total. The minimum atomic E-state index is 0.0556. The Morgan fingerprint density at radius 1 is 1.35 bits per heavy atom. The fourth-order valence-electron chi connectivity index (χ4n) is 2.10. The number of aryl methyl sites for hydroxylation is 1. The zero-order valence-corrected chi connectivity index (χ0v) is 11.9. The van der Waals surface area contributed by atoms with E-state index in [1.165, 1.54) is 0 Å². The van der Waals surface area contributed by atoms with Gasteiger partial charge in [0.15, 0.2) is 5.82 Å². The van der Waals surface area contributed by atoms with Crippen LogP contribution in [-0.2, 0) is 0 Å². The molecule has 0 spiro atoms. The molecule has 1 heterocycles. The van der Waals surface area contributed by atoms with Gasteiger partial charge < -0.3 is 15.8 Å². The minimum Gasteiger partial charge on any atom is -0.409 e. The molecule has 106 valence electrons. The van der Waals surface area contributed by atoms with Crippen LogP contribution in [0.1, 0.15) is 19.0 Å². The number of aromatic nitrogens is 2. The summed E-state index contributed by atoms with van der Waals surface area (Å²) in [6, 6.07) is 7.82. The van der Waals surface area contributed by atoms with Gasteiger partial charge in [-0.3, -0.25) is 0 Å². The number of para-hydroxylation sites is 2. The molecule has 20 heavy (non-hydrogen) atoms. The molecule has 0 radical (unpaired) electrons. The lowest BCUT2D eigenvalue weighted by molar-refractivity contribution is 0.316. The summed E-state index contributed by atoms with van der Waals surface area (Å²) in [5, 5.41) is 11.7. The maximum Gasteiger partial charge on any atom is 0.150 e. The highest BCUT2D eigenvalue weighted by Crippen LogP contribution is 2.21. The fraction of sp³-hybridized carbons (Fsp3) is 0.357. The second kappa shape index (κ2) is 5.73. The van der Waals surface area contributed by atoms with E-state index >= 15 is 0 Å². The van der Waals surface area contributed by atoms with Crippen molar-refractivity contribution < 1.29 is 5.21 Å². The summed E-state index contributed by atoms with van der Waals surface area (Å²) in [4.78, 5) is 11.2. The molecule has 2 aromatic rings. The van der Waals surface area contributed by atoms with Crippen molar-refractivity contribution >= 4 is 22.7 Å². The molecule has 1 aromatic heterocycles. The van der Waals surface area contributed by atoms with Crippen LogP contribution < -0.4 is 10.6 Å². The summed E-state index contributed by atoms with van der Waals surface area (Å²) in [7, 11) is 1.93. The first-order valence-electron chi connectivity index (χ1n) is 6.45. The van der Waals surface area contributed by atoms with Crippen LogP contribution in [0.25, 0.3) is 11.0 Å². The molecule has 1 aromatic carbocycles. The van der Waals surface area contributed by atoms with Crippen molar-refractivity contribution in [2.75, 3.05) is 11.9 Å². The average Bonchev–Trinajstić information content (AvgIpc) is 2.45. The number of amidine groups is 1. The lowest BCUT2D eigenvalue weighted by Crippen LogP contribution is -2.34. The Balaban J connectivity index is 2.34. The first-order chi connectivity index (χ1) is 9.52. The molecule has 3 N–H and O–H groups in total. The lowest BCUT2D eigenvalue weighted by Gasteiger charge is -2.26. The standard InChI is InChI=1S/C14H19N5O/c1-9(8-13(15)18-20)19(3)14-10(2)16-11-6-4-5-7-12(11)17-14/h4-7,9,20H,8H2,1-3H3,(H2,15,18). The van der Waals surface area contributed by atoms with E-state index in [1.807, 2.05) is 50.1 Å². The van der Waals surface area contributed by atoms with Crippen molar-refractivity contribution in [3.05, 3.63) is 30.0 Å². The Morgan fingerprint density at radius 2 is 1.95 bits per heavy atom. The van der Waals surface area contributed by atoms with E-state index in [0.717, 1.165) is 22.5 Å². The third-order valence-corrected chi connectivity index (χ3v) is 3.35. The Bertz CT molecular complexity index is 640. The van der Waals surface area contributed by atoms with Crippen LogP contribution >= 0.6 is 0 Å². The first kappa shape index (κ1) is 14.0. The molecule has 2 rings (SSSR count). The maximum absolute atomic E-state index is 8.65. The van der Waals surface area contributed by atoms with E-state index in [-0.39, 0.29) is 11.9 Å². The highest BCUT2D eigenvalue weighted by molar-refractivity contribution is 5.81. The van der Waals surface area contributed by atoms with Crippen molar-refractivity contribution in [2.45, 2.75) is 26.3 Å². The minimum absolute atomic E-state index is 0.0556. The topological polar surface area (TPSA) is 87.6 Å². The third kappa shape index (κ3) is 2.79. The number of benzene rings is 1. The van der Waals surface area contributed by atoms with Gasteiger partial charge in [-0.1, -0.05) is 17.3 Å². The SMILES string of the molecule is Cc1nc2ccccc2nc1N(C)C(C)CC(N)=NO. The maximum atomic E-state index is 8.65. The Kier molecular flexibility index (Phi) is 4.02. The van der Waals surface area contributed by atoms with Crippen LogP contribution in [0.5, 0.6) is 0 Å². The highest BCUT2D eigenvalue weighted by atomic mass is 16.4. The summed E-state index contributed by atoms with van der Waals surface area (Å²) in [5.74, 6) is 1.01. The second-order valence-corrected chi connectivity index (χ2v) is 4.88. The van der Waals surface area contributed by atoms with Gasteiger partial charge in [0.2, 0.25) is 0 Å². The summed E-state index contributed by atoms with van der Waals surface area (Å²) in [6.07, 6.45) is 0.459. The number of nitrogens with zero attached hydrogens (tertiary/aromatic N) is 4. The van der Waals surface area contributed by atoms with Crippen molar-refractivity contribution in [3.63, 3.8) is 0 Å². The van der Waals surface area contributed by atoms with Gasteiger partial charge in [-0.15, -0.1) is 0 Å². The molecular formula is C14H19N5O. The van der Waals surface area contributed by atoms with E-state index in [1.54, 1.807) is 0 Å². The predicted molar refractivity (Wildman–Crippen MR) is 80.2 cm³/mol. The van der Waals surface area contributed by atoms with Crippen LogP contribution in [0, 0.1) is 6.92 Å². The van der Waals surface area contributed by atoms with Gasteiger partial charge >= 0.3 is 0 Å². The molecule has 6 heteroatoms. The molecule has 0 fully saturated rings. The number of oxime groups is 1. The van der Waals surface area contributed by atoms with Crippen LogP contribution in [0.2, 0.25) is 0 Å². The number of anilines is 1. The van der Waals surface area contributed by atoms with Crippen LogP contribution in [0.4, 0.5) is 5.82 Å². The quantitative estimate of drug-likeness (QED) is 0.384. The van der Waals surface area contributed by atoms with Crippen LogP contribution in [0.15, 0.2) is 29.4 Å². The number of hydrogen-bond acceptors (Lipinski definition) is 5. The lowest BCUT2D eigenvalue weighted by atomic mass is 10.2. The van der Waals surface area contributed by atoms with Crippen LogP contribution in [0.3, 0.4) is 0 Å². The van der Waals surface area contributed by atoms with E-state index in [9.17, 15) is 0 Å². The predicted octanol–water partition coefficient (Wildman–Crippen LogP) is 1.90. The van der Waals surface area contributed by atoms with Crippen LogP contribution in [-0.4, -0.2) is 34.1 Å². The average molecular weight is 273 g/mol. The molecule has 0 amide bonds. The molecule has 0 saturated heterocycles.